The first-order valence-corrected chi connectivity index (χ1v) is 10.4. The Kier molecular flexibility index (Phi) is 5.50. The second-order valence-electron chi connectivity index (χ2n) is 7.22. The lowest BCUT2D eigenvalue weighted by Crippen LogP contribution is -2.05. The number of hydrogen-bond acceptors (Lipinski definition) is 5. The Hall–Kier alpha value is -3.25. The van der Waals surface area contributed by atoms with E-state index in [0.29, 0.717) is 17.1 Å². The van der Waals surface area contributed by atoms with E-state index in [4.69, 9.17) is 8.83 Å². The summed E-state index contributed by atoms with van der Waals surface area (Å²) in [5, 5.41) is 11.8. The quantitative estimate of drug-likeness (QED) is 0.248. The van der Waals surface area contributed by atoms with Gasteiger partial charge in [0, 0.05) is 21.4 Å². The molecule has 0 aliphatic heterocycles. The van der Waals surface area contributed by atoms with Crippen LogP contribution in [0.15, 0.2) is 85.4 Å². The van der Waals surface area contributed by atoms with Gasteiger partial charge in [0.25, 0.3) is 5.69 Å². The van der Waals surface area contributed by atoms with Crippen LogP contribution in [0.1, 0.15) is 40.1 Å². The van der Waals surface area contributed by atoms with E-state index in [0.717, 1.165) is 21.3 Å². The van der Waals surface area contributed by atoms with Crippen molar-refractivity contribution < 1.29 is 13.8 Å². The maximum Gasteiger partial charge on any atom is 0.273 e. The molecule has 6 heteroatoms. The van der Waals surface area contributed by atoms with Crippen LogP contribution in [-0.2, 0) is 0 Å². The van der Waals surface area contributed by atoms with E-state index >= 15 is 0 Å². The Morgan fingerprint density at radius 1 is 0.800 bits per heavy atom. The van der Waals surface area contributed by atoms with Crippen LogP contribution < -0.4 is 0 Å². The zero-order chi connectivity index (χ0) is 21.3. The fraction of sp³-hybridized carbons (Fsp3) is 0.167. The highest BCUT2D eigenvalue weighted by molar-refractivity contribution is 7.99. The largest absolute Gasteiger partial charge is 0.465 e. The number of hydrogen-bond donors (Lipinski definition) is 0. The highest BCUT2D eigenvalue weighted by Crippen LogP contribution is 2.41. The molecule has 0 N–H and O–H groups in total. The molecule has 2 aromatic carbocycles. The van der Waals surface area contributed by atoms with Crippen molar-refractivity contribution in [3.8, 4) is 0 Å². The van der Waals surface area contributed by atoms with Crippen molar-refractivity contribution in [3.63, 3.8) is 0 Å². The van der Waals surface area contributed by atoms with Crippen LogP contribution in [0.3, 0.4) is 0 Å². The molecule has 0 amide bonds. The van der Waals surface area contributed by atoms with Crippen molar-refractivity contribution in [3.05, 3.63) is 111 Å². The average Bonchev–Trinajstić information content (AvgIpc) is 3.32. The summed E-state index contributed by atoms with van der Waals surface area (Å²) in [5.41, 5.74) is 1.77. The fourth-order valence-corrected chi connectivity index (χ4v) is 4.27. The summed E-state index contributed by atoms with van der Waals surface area (Å²) in [4.78, 5) is 13.5. The van der Waals surface area contributed by atoms with Crippen LogP contribution in [-0.4, -0.2) is 4.92 Å². The topological polar surface area (TPSA) is 69.4 Å². The van der Waals surface area contributed by atoms with E-state index < -0.39 is 5.92 Å². The zero-order valence-electron chi connectivity index (χ0n) is 16.9. The van der Waals surface area contributed by atoms with Crippen LogP contribution >= 0.6 is 11.8 Å². The summed E-state index contributed by atoms with van der Waals surface area (Å²) in [6.07, 6.45) is 0. The van der Waals surface area contributed by atoms with E-state index in [9.17, 15) is 10.1 Å². The smallest absolute Gasteiger partial charge is 0.273 e. The number of furan rings is 2. The molecule has 0 bridgehead atoms. The standard InChI is InChI=1S/C24H21NO4S/c1-15-4-8-18(9-5-15)30-19-10-11-21(25(26)27)20(14-19)24(22-12-6-16(2)28-22)23-13-7-17(3)29-23/h4-14,24H,1-3H3. The van der Waals surface area contributed by atoms with Gasteiger partial charge in [-0.3, -0.25) is 10.1 Å². The molecule has 0 radical (unpaired) electrons. The minimum Gasteiger partial charge on any atom is -0.465 e. The van der Waals surface area contributed by atoms with Crippen molar-refractivity contribution in [1.82, 2.24) is 0 Å². The highest BCUT2D eigenvalue weighted by Gasteiger charge is 2.30. The number of nitro groups is 1. The predicted molar refractivity (Wildman–Crippen MR) is 116 cm³/mol. The SMILES string of the molecule is Cc1ccc(Sc2ccc([N+](=O)[O-])c(C(c3ccc(C)o3)c3ccc(C)o3)c2)cc1. The van der Waals surface area contributed by atoms with Gasteiger partial charge in [0.2, 0.25) is 0 Å². The molecule has 0 aliphatic rings. The van der Waals surface area contributed by atoms with Crippen LogP contribution in [0, 0.1) is 30.9 Å². The van der Waals surface area contributed by atoms with Crippen LogP contribution in [0.5, 0.6) is 0 Å². The fourth-order valence-electron chi connectivity index (χ4n) is 3.40. The van der Waals surface area contributed by atoms with Crippen molar-refractivity contribution in [2.45, 2.75) is 36.5 Å². The molecule has 0 atom stereocenters. The first-order chi connectivity index (χ1) is 14.4. The molecule has 152 valence electrons. The molecule has 4 aromatic rings. The van der Waals surface area contributed by atoms with Gasteiger partial charge in [-0.25, -0.2) is 0 Å². The molecule has 0 unspecified atom stereocenters. The molecule has 4 rings (SSSR count). The second-order valence-corrected chi connectivity index (χ2v) is 8.37. The number of benzene rings is 2. The van der Waals surface area contributed by atoms with Gasteiger partial charge in [0.15, 0.2) is 0 Å². The molecule has 0 saturated heterocycles. The number of rotatable bonds is 6. The lowest BCUT2D eigenvalue weighted by Gasteiger charge is -2.15. The molecular weight excluding hydrogens is 398 g/mol. The Labute approximate surface area is 178 Å². The summed E-state index contributed by atoms with van der Waals surface area (Å²) in [7, 11) is 0. The van der Waals surface area contributed by atoms with Crippen LogP contribution in [0.25, 0.3) is 0 Å². The van der Waals surface area contributed by atoms with Crippen LogP contribution in [0.4, 0.5) is 5.69 Å². The summed E-state index contributed by atoms with van der Waals surface area (Å²) >= 11 is 1.57. The van der Waals surface area contributed by atoms with E-state index in [-0.39, 0.29) is 10.6 Å². The lowest BCUT2D eigenvalue weighted by molar-refractivity contribution is -0.385. The Morgan fingerprint density at radius 3 is 1.87 bits per heavy atom. The summed E-state index contributed by atoms with van der Waals surface area (Å²) in [5.74, 6) is 2.20. The Morgan fingerprint density at radius 2 is 1.37 bits per heavy atom. The normalized spacial score (nSPS) is 11.2. The lowest BCUT2D eigenvalue weighted by atomic mass is 9.92. The maximum atomic E-state index is 11.8. The van der Waals surface area contributed by atoms with E-state index in [1.807, 2.05) is 63.2 Å². The average molecular weight is 420 g/mol. The maximum absolute atomic E-state index is 11.8. The van der Waals surface area contributed by atoms with Crippen molar-refractivity contribution >= 4 is 17.4 Å². The molecule has 2 heterocycles. The van der Waals surface area contributed by atoms with E-state index in [1.54, 1.807) is 23.9 Å². The zero-order valence-corrected chi connectivity index (χ0v) is 17.7. The van der Waals surface area contributed by atoms with E-state index in [1.165, 1.54) is 5.56 Å². The molecule has 0 aliphatic carbocycles. The number of nitro benzene ring substituents is 1. The minimum absolute atomic E-state index is 0.0383. The third-order valence-electron chi connectivity index (χ3n) is 4.85. The van der Waals surface area contributed by atoms with Gasteiger partial charge in [0.1, 0.15) is 29.0 Å². The monoisotopic (exact) mass is 419 g/mol. The van der Waals surface area contributed by atoms with Gasteiger partial charge in [-0.05, 0) is 69.3 Å². The van der Waals surface area contributed by atoms with Crippen molar-refractivity contribution in [1.29, 1.82) is 0 Å². The summed E-state index contributed by atoms with van der Waals surface area (Å²) in [6.45, 7) is 5.75. The first-order valence-electron chi connectivity index (χ1n) is 9.56. The molecule has 0 spiro atoms. The molecule has 30 heavy (non-hydrogen) atoms. The first kappa shape index (κ1) is 20.0. The third-order valence-corrected chi connectivity index (χ3v) is 5.85. The van der Waals surface area contributed by atoms with E-state index in [2.05, 4.69) is 12.1 Å². The molecular formula is C24H21NO4S. The highest BCUT2D eigenvalue weighted by atomic mass is 32.2. The van der Waals surface area contributed by atoms with Gasteiger partial charge >= 0.3 is 0 Å². The van der Waals surface area contributed by atoms with Gasteiger partial charge < -0.3 is 8.83 Å². The van der Waals surface area contributed by atoms with Crippen LogP contribution in [0.2, 0.25) is 0 Å². The molecule has 5 nitrogen and oxygen atoms in total. The number of nitrogens with zero attached hydrogens (tertiary/aromatic N) is 1. The Balaban J connectivity index is 1.83. The van der Waals surface area contributed by atoms with Crippen molar-refractivity contribution in [2.24, 2.45) is 0 Å². The third kappa shape index (κ3) is 4.19. The number of aryl methyl sites for hydroxylation is 3. The predicted octanol–water partition coefficient (Wildman–Crippen LogP) is 7.04. The van der Waals surface area contributed by atoms with Gasteiger partial charge in [-0.2, -0.15) is 0 Å². The Bertz CT molecular complexity index is 1150. The van der Waals surface area contributed by atoms with Gasteiger partial charge in [-0.15, -0.1) is 0 Å². The molecule has 0 fully saturated rings. The van der Waals surface area contributed by atoms with Gasteiger partial charge in [0.05, 0.1) is 4.92 Å². The summed E-state index contributed by atoms with van der Waals surface area (Å²) < 4.78 is 11.8. The second kappa shape index (κ2) is 8.24. The van der Waals surface area contributed by atoms with Crippen molar-refractivity contribution in [2.75, 3.05) is 0 Å². The molecule has 2 aromatic heterocycles. The van der Waals surface area contributed by atoms with Gasteiger partial charge in [-0.1, -0.05) is 29.5 Å². The minimum atomic E-state index is -0.508. The molecule has 0 saturated carbocycles. The summed E-state index contributed by atoms with van der Waals surface area (Å²) in [6, 6.07) is 20.8.